The van der Waals surface area contributed by atoms with Crippen LogP contribution in [0.5, 0.6) is 0 Å². The van der Waals surface area contributed by atoms with E-state index in [2.05, 4.69) is 15.7 Å². The Morgan fingerprint density at radius 1 is 1.15 bits per heavy atom. The molecule has 0 spiro atoms. The molecule has 1 aromatic heterocycles. The third-order valence-corrected chi connectivity index (χ3v) is 4.83. The minimum absolute atomic E-state index is 0.137. The number of rotatable bonds is 4. The number of fused-ring (bicyclic) bond motifs is 1. The topological polar surface area (TPSA) is 68.8 Å². The van der Waals surface area contributed by atoms with Crippen molar-refractivity contribution < 1.29 is 0 Å². The Kier molecular flexibility index (Phi) is 2.82. The molecule has 2 aromatic rings. The van der Waals surface area contributed by atoms with Crippen molar-refractivity contribution in [3.8, 4) is 5.69 Å². The third kappa shape index (κ3) is 1.94. The zero-order chi connectivity index (χ0) is 13.5. The Bertz CT molecular complexity index is 583. The fraction of sp³-hybridized carbons (Fsp3) is 0.467. The zero-order valence-electron chi connectivity index (χ0n) is 11.3. The molecule has 3 atom stereocenters. The minimum Gasteiger partial charge on any atom is -0.271 e. The van der Waals surface area contributed by atoms with Gasteiger partial charge in [-0.25, -0.2) is 4.68 Å². The molecule has 3 unspecified atom stereocenters. The maximum absolute atomic E-state index is 5.83. The van der Waals surface area contributed by atoms with Crippen LogP contribution in [-0.4, -0.2) is 15.0 Å². The fourth-order valence-corrected chi connectivity index (χ4v) is 3.72. The predicted molar refractivity (Wildman–Crippen MR) is 75.7 cm³/mol. The number of nitrogens with zero attached hydrogens (tertiary/aromatic N) is 3. The Morgan fingerprint density at radius 2 is 1.90 bits per heavy atom. The van der Waals surface area contributed by atoms with Crippen LogP contribution in [-0.2, 0) is 0 Å². The molecule has 0 amide bonds. The second-order valence-electron chi connectivity index (χ2n) is 6.04. The highest BCUT2D eigenvalue weighted by Gasteiger charge is 2.48. The van der Waals surface area contributed by atoms with Crippen molar-refractivity contribution in [2.45, 2.75) is 25.3 Å². The summed E-state index contributed by atoms with van der Waals surface area (Å²) in [7, 11) is 0. The molecule has 2 aliphatic carbocycles. The van der Waals surface area contributed by atoms with Gasteiger partial charge in [0.05, 0.1) is 23.6 Å². The molecule has 2 saturated carbocycles. The van der Waals surface area contributed by atoms with Crippen molar-refractivity contribution in [2.24, 2.45) is 23.6 Å². The Hall–Kier alpha value is -1.72. The number of benzene rings is 1. The molecule has 0 radical (unpaired) electrons. The second kappa shape index (κ2) is 4.68. The third-order valence-electron chi connectivity index (χ3n) is 4.83. The summed E-state index contributed by atoms with van der Waals surface area (Å²) >= 11 is 0. The Labute approximate surface area is 118 Å². The van der Waals surface area contributed by atoms with Gasteiger partial charge in [0.25, 0.3) is 0 Å². The first-order valence-electron chi connectivity index (χ1n) is 7.29. The first kappa shape index (κ1) is 12.1. The molecule has 20 heavy (non-hydrogen) atoms. The number of hydrogen-bond acceptors (Lipinski definition) is 4. The van der Waals surface area contributed by atoms with Crippen LogP contribution in [0.4, 0.5) is 0 Å². The van der Waals surface area contributed by atoms with Crippen molar-refractivity contribution >= 4 is 0 Å². The molecule has 5 nitrogen and oxygen atoms in total. The number of nitrogens with two attached hydrogens (primary N) is 1. The summed E-state index contributed by atoms with van der Waals surface area (Å²) in [6.45, 7) is 0. The summed E-state index contributed by atoms with van der Waals surface area (Å²) in [5.41, 5.74) is 5.09. The van der Waals surface area contributed by atoms with Crippen molar-refractivity contribution in [1.29, 1.82) is 0 Å². The molecule has 0 saturated heterocycles. The number of hydrazine groups is 1. The van der Waals surface area contributed by atoms with Crippen LogP contribution in [0.2, 0.25) is 0 Å². The Morgan fingerprint density at radius 3 is 2.60 bits per heavy atom. The lowest BCUT2D eigenvalue weighted by molar-refractivity contribution is 0.334. The lowest BCUT2D eigenvalue weighted by Gasteiger charge is -2.24. The predicted octanol–water partition coefficient (Wildman–Crippen LogP) is 1.82. The van der Waals surface area contributed by atoms with Gasteiger partial charge in [-0.3, -0.25) is 11.3 Å². The van der Waals surface area contributed by atoms with Crippen molar-refractivity contribution in [3.05, 3.63) is 42.2 Å². The maximum Gasteiger partial charge on any atom is 0.0831 e. The first-order valence-corrected chi connectivity index (χ1v) is 7.29. The molecule has 104 valence electrons. The van der Waals surface area contributed by atoms with Crippen LogP contribution in [0, 0.1) is 17.8 Å². The van der Waals surface area contributed by atoms with Gasteiger partial charge in [0.1, 0.15) is 0 Å². The van der Waals surface area contributed by atoms with Crippen molar-refractivity contribution in [2.75, 3.05) is 0 Å². The van der Waals surface area contributed by atoms with Gasteiger partial charge in [0.15, 0.2) is 0 Å². The number of aromatic nitrogens is 3. The molecule has 0 aliphatic heterocycles. The molecule has 1 aromatic carbocycles. The van der Waals surface area contributed by atoms with E-state index in [-0.39, 0.29) is 6.04 Å². The van der Waals surface area contributed by atoms with Gasteiger partial charge in [-0.2, -0.15) is 0 Å². The van der Waals surface area contributed by atoms with Crippen LogP contribution in [0.1, 0.15) is 31.0 Å². The van der Waals surface area contributed by atoms with E-state index in [4.69, 9.17) is 5.84 Å². The average molecular weight is 269 g/mol. The van der Waals surface area contributed by atoms with Gasteiger partial charge in [0, 0.05) is 0 Å². The molecule has 3 N–H and O–H groups in total. The van der Waals surface area contributed by atoms with Crippen molar-refractivity contribution in [3.63, 3.8) is 0 Å². The molecule has 4 rings (SSSR count). The van der Waals surface area contributed by atoms with Crippen LogP contribution in [0.15, 0.2) is 36.5 Å². The SMILES string of the molecule is NNC(c1cnnn1-c1ccccc1)C1CC2CC2C1. The highest BCUT2D eigenvalue weighted by atomic mass is 15.4. The maximum atomic E-state index is 5.83. The van der Waals surface area contributed by atoms with Gasteiger partial charge in [-0.1, -0.05) is 23.4 Å². The highest BCUT2D eigenvalue weighted by Crippen LogP contribution is 2.57. The molecule has 1 heterocycles. The summed E-state index contributed by atoms with van der Waals surface area (Å²) in [6.07, 6.45) is 5.81. The quantitative estimate of drug-likeness (QED) is 0.656. The summed E-state index contributed by atoms with van der Waals surface area (Å²) < 4.78 is 1.90. The van der Waals surface area contributed by atoms with Crippen LogP contribution >= 0.6 is 0 Å². The van der Waals surface area contributed by atoms with E-state index in [1.54, 1.807) is 0 Å². The van der Waals surface area contributed by atoms with E-state index >= 15 is 0 Å². The van der Waals surface area contributed by atoms with Gasteiger partial charge < -0.3 is 0 Å². The molecule has 5 heteroatoms. The summed E-state index contributed by atoms with van der Waals surface area (Å²) in [5, 5.41) is 8.31. The Balaban J connectivity index is 1.65. The lowest BCUT2D eigenvalue weighted by Crippen LogP contribution is -2.34. The zero-order valence-corrected chi connectivity index (χ0v) is 11.3. The second-order valence-corrected chi connectivity index (χ2v) is 6.04. The molecule has 2 aliphatic rings. The molecular formula is C15H19N5. The molecular weight excluding hydrogens is 250 g/mol. The fourth-order valence-electron chi connectivity index (χ4n) is 3.72. The largest absolute Gasteiger partial charge is 0.271 e. The monoisotopic (exact) mass is 269 g/mol. The number of para-hydroxylation sites is 1. The number of nitrogens with one attached hydrogen (secondary N) is 1. The summed E-state index contributed by atoms with van der Waals surface area (Å²) in [6, 6.07) is 10.2. The van der Waals surface area contributed by atoms with E-state index in [0.717, 1.165) is 23.2 Å². The van der Waals surface area contributed by atoms with Gasteiger partial charge in [-0.05, 0) is 49.1 Å². The van der Waals surface area contributed by atoms with E-state index in [9.17, 15) is 0 Å². The smallest absolute Gasteiger partial charge is 0.0831 e. The average Bonchev–Trinajstić information content (AvgIpc) is 2.92. The van der Waals surface area contributed by atoms with Crippen LogP contribution in [0.3, 0.4) is 0 Å². The van der Waals surface area contributed by atoms with E-state index in [1.807, 2.05) is 41.2 Å². The van der Waals surface area contributed by atoms with Gasteiger partial charge >= 0.3 is 0 Å². The van der Waals surface area contributed by atoms with Crippen molar-refractivity contribution in [1.82, 2.24) is 20.4 Å². The van der Waals surface area contributed by atoms with E-state index in [0.29, 0.717) is 5.92 Å². The van der Waals surface area contributed by atoms with Crippen LogP contribution in [0.25, 0.3) is 5.69 Å². The molecule has 0 bridgehead atoms. The normalized spacial score (nSPS) is 29.1. The standard InChI is InChI=1S/C15H19N5/c16-18-15(12-7-10-6-11(10)8-12)14-9-17-19-20(14)13-4-2-1-3-5-13/h1-5,9-12,15,18H,6-8,16H2. The van der Waals surface area contributed by atoms with E-state index < -0.39 is 0 Å². The van der Waals surface area contributed by atoms with Gasteiger partial charge in [-0.15, -0.1) is 5.10 Å². The highest BCUT2D eigenvalue weighted by molar-refractivity contribution is 5.32. The van der Waals surface area contributed by atoms with E-state index in [1.165, 1.54) is 19.3 Å². The van der Waals surface area contributed by atoms with Gasteiger partial charge in [0.2, 0.25) is 0 Å². The van der Waals surface area contributed by atoms with Crippen LogP contribution < -0.4 is 11.3 Å². The lowest BCUT2D eigenvalue weighted by atomic mass is 9.92. The molecule has 2 fully saturated rings. The minimum atomic E-state index is 0.137. The first-order chi connectivity index (χ1) is 9.86. The summed E-state index contributed by atoms with van der Waals surface area (Å²) in [5.74, 6) is 8.32. The summed E-state index contributed by atoms with van der Waals surface area (Å²) in [4.78, 5) is 0. The number of hydrogen-bond donors (Lipinski definition) is 2.